The van der Waals surface area contributed by atoms with E-state index >= 15 is 0 Å². The van der Waals surface area contributed by atoms with E-state index in [1.54, 1.807) is 68.0 Å². The van der Waals surface area contributed by atoms with Crippen LogP contribution in [-0.4, -0.2) is 33.7 Å². The third-order valence-corrected chi connectivity index (χ3v) is 5.62. The zero-order valence-corrected chi connectivity index (χ0v) is 17.6. The van der Waals surface area contributed by atoms with Gasteiger partial charge in [0.1, 0.15) is 11.5 Å². The van der Waals surface area contributed by atoms with E-state index in [4.69, 9.17) is 9.47 Å². The number of carbonyl (C=O) groups is 2. The number of hydrogen-bond donors (Lipinski definition) is 3. The van der Waals surface area contributed by atoms with E-state index in [1.807, 2.05) is 12.1 Å². The van der Waals surface area contributed by atoms with Crippen LogP contribution in [0.2, 0.25) is 0 Å². The molecule has 2 aromatic heterocycles. The maximum absolute atomic E-state index is 13.0. The summed E-state index contributed by atoms with van der Waals surface area (Å²) < 4.78 is 12.5. The van der Waals surface area contributed by atoms with Gasteiger partial charge < -0.3 is 24.5 Å². The minimum Gasteiger partial charge on any atom is -0.497 e. The molecular formula is C24H20N4O5. The van der Waals surface area contributed by atoms with Gasteiger partial charge in [0, 0.05) is 29.2 Å². The molecule has 3 N–H and O–H groups in total. The van der Waals surface area contributed by atoms with E-state index in [9.17, 15) is 14.7 Å². The Kier molecular flexibility index (Phi) is 4.86. The van der Waals surface area contributed by atoms with Crippen molar-refractivity contribution >= 4 is 22.7 Å². The molecule has 3 amide bonds. The molecule has 0 spiro atoms. The van der Waals surface area contributed by atoms with Crippen molar-refractivity contribution in [3.05, 3.63) is 78.6 Å². The van der Waals surface area contributed by atoms with Crippen LogP contribution in [0.3, 0.4) is 0 Å². The van der Waals surface area contributed by atoms with Crippen LogP contribution >= 0.6 is 0 Å². The topological polar surface area (TPSA) is 115 Å². The van der Waals surface area contributed by atoms with Gasteiger partial charge in [0.25, 0.3) is 5.91 Å². The maximum Gasteiger partial charge on any atom is 0.322 e. The Morgan fingerprint density at radius 3 is 2.52 bits per heavy atom. The molecule has 33 heavy (non-hydrogen) atoms. The van der Waals surface area contributed by atoms with Gasteiger partial charge in [-0.25, -0.2) is 9.78 Å². The van der Waals surface area contributed by atoms with Crippen LogP contribution in [0.5, 0.6) is 23.3 Å². The Labute approximate surface area is 188 Å². The number of aromatic hydroxyl groups is 1. The second-order valence-corrected chi connectivity index (χ2v) is 7.64. The van der Waals surface area contributed by atoms with Crippen LogP contribution in [0.15, 0.2) is 73.1 Å². The molecule has 166 valence electrons. The summed E-state index contributed by atoms with van der Waals surface area (Å²) in [6.07, 6.45) is 3.35. The Morgan fingerprint density at radius 2 is 1.85 bits per heavy atom. The number of benzene rings is 2. The van der Waals surface area contributed by atoms with Crippen molar-refractivity contribution in [2.75, 3.05) is 7.11 Å². The molecule has 9 heteroatoms. The first-order valence-electron chi connectivity index (χ1n) is 10.2. The summed E-state index contributed by atoms with van der Waals surface area (Å²) in [5.41, 5.74) is -0.883. The molecule has 2 aromatic carbocycles. The third kappa shape index (κ3) is 3.59. The summed E-state index contributed by atoms with van der Waals surface area (Å²) >= 11 is 0. The zero-order valence-electron chi connectivity index (χ0n) is 17.6. The van der Waals surface area contributed by atoms with E-state index in [1.165, 1.54) is 4.57 Å². The van der Waals surface area contributed by atoms with Crippen molar-refractivity contribution in [1.29, 1.82) is 0 Å². The number of amides is 3. The Bertz CT molecular complexity index is 1350. The SMILES string of the molecule is COc1ccc2cn(C[C@@]3(c4ccc(Oc5ccccn5)cc4)NC(=O)NC3=O)c(O)c2c1. The number of aromatic nitrogens is 2. The van der Waals surface area contributed by atoms with Gasteiger partial charge in [-0.2, -0.15) is 0 Å². The molecule has 0 bridgehead atoms. The molecule has 0 unspecified atom stereocenters. The molecule has 4 aromatic rings. The zero-order chi connectivity index (χ0) is 23.0. The number of pyridine rings is 1. The average molecular weight is 444 g/mol. The average Bonchev–Trinajstić information content (AvgIpc) is 3.29. The largest absolute Gasteiger partial charge is 0.497 e. The number of rotatable bonds is 6. The molecule has 1 fully saturated rings. The number of nitrogens with zero attached hydrogens (tertiary/aromatic N) is 2. The molecule has 1 aliphatic heterocycles. The van der Waals surface area contributed by atoms with Gasteiger partial charge in [0.15, 0.2) is 11.4 Å². The number of methoxy groups -OCH3 is 1. The molecule has 0 aliphatic carbocycles. The number of carbonyl (C=O) groups excluding carboxylic acids is 2. The van der Waals surface area contributed by atoms with Crippen LogP contribution < -0.4 is 20.1 Å². The highest BCUT2D eigenvalue weighted by Crippen LogP contribution is 2.35. The molecular weight excluding hydrogens is 424 g/mol. The first kappa shape index (κ1) is 20.4. The van der Waals surface area contributed by atoms with Gasteiger partial charge >= 0.3 is 6.03 Å². The summed E-state index contributed by atoms with van der Waals surface area (Å²) in [6.45, 7) is -0.0200. The molecule has 1 aliphatic rings. The van der Waals surface area contributed by atoms with E-state index < -0.39 is 17.5 Å². The van der Waals surface area contributed by atoms with Crippen LogP contribution in [0.4, 0.5) is 4.79 Å². The highest BCUT2D eigenvalue weighted by atomic mass is 16.5. The van der Waals surface area contributed by atoms with E-state index in [-0.39, 0.29) is 12.4 Å². The van der Waals surface area contributed by atoms with Crippen molar-refractivity contribution in [2.24, 2.45) is 0 Å². The maximum atomic E-state index is 13.0. The summed E-state index contributed by atoms with van der Waals surface area (Å²) in [5, 5.41) is 17.2. The standard InChI is InChI=1S/C24H20N4O5/c1-32-18-8-5-15-13-28(21(29)19(15)12-18)14-24(22(30)26-23(31)27-24)16-6-9-17(10-7-16)33-20-4-2-3-11-25-20/h2-13,29H,14H2,1H3,(H2,26,27,30,31)/t24-/m0/s1. The molecule has 9 nitrogen and oxygen atoms in total. The fourth-order valence-electron chi connectivity index (χ4n) is 3.96. The lowest BCUT2D eigenvalue weighted by atomic mass is 9.89. The van der Waals surface area contributed by atoms with Gasteiger partial charge in [-0.1, -0.05) is 18.2 Å². The van der Waals surface area contributed by atoms with Gasteiger partial charge in [-0.05, 0) is 42.0 Å². The van der Waals surface area contributed by atoms with Gasteiger partial charge in [-0.15, -0.1) is 0 Å². The molecule has 5 rings (SSSR count). The molecule has 0 radical (unpaired) electrons. The van der Waals surface area contributed by atoms with Crippen molar-refractivity contribution in [3.8, 4) is 23.3 Å². The van der Waals surface area contributed by atoms with Gasteiger partial charge in [-0.3, -0.25) is 10.1 Å². The number of urea groups is 1. The minimum atomic E-state index is -1.42. The lowest BCUT2D eigenvalue weighted by molar-refractivity contribution is -0.124. The fraction of sp³-hybridized carbons (Fsp3) is 0.125. The Morgan fingerprint density at radius 1 is 1.06 bits per heavy atom. The van der Waals surface area contributed by atoms with E-state index in [2.05, 4.69) is 15.6 Å². The highest BCUT2D eigenvalue weighted by Gasteiger charge is 2.48. The molecule has 1 atom stereocenters. The van der Waals surface area contributed by atoms with Crippen molar-refractivity contribution in [3.63, 3.8) is 0 Å². The van der Waals surface area contributed by atoms with Crippen LogP contribution in [0.1, 0.15) is 5.56 Å². The molecule has 3 heterocycles. The number of ether oxygens (including phenoxy) is 2. The van der Waals surface area contributed by atoms with Crippen LogP contribution in [0.25, 0.3) is 10.8 Å². The lowest BCUT2D eigenvalue weighted by Gasteiger charge is -2.27. The Balaban J connectivity index is 1.51. The quantitative estimate of drug-likeness (QED) is 0.393. The number of hydrogen-bond acceptors (Lipinski definition) is 6. The van der Waals surface area contributed by atoms with E-state index in [0.29, 0.717) is 28.3 Å². The lowest BCUT2D eigenvalue weighted by Crippen LogP contribution is -2.47. The normalized spacial score (nSPS) is 17.6. The van der Waals surface area contributed by atoms with Crippen molar-refractivity contribution < 1.29 is 24.2 Å². The number of nitrogens with one attached hydrogen (secondary N) is 2. The van der Waals surface area contributed by atoms with Gasteiger partial charge in [0.2, 0.25) is 5.88 Å². The third-order valence-electron chi connectivity index (χ3n) is 5.62. The minimum absolute atomic E-state index is 0.0200. The van der Waals surface area contributed by atoms with Crippen molar-refractivity contribution in [1.82, 2.24) is 20.2 Å². The molecule has 0 saturated carbocycles. The second-order valence-electron chi connectivity index (χ2n) is 7.64. The summed E-state index contributed by atoms with van der Waals surface area (Å²) in [7, 11) is 1.55. The van der Waals surface area contributed by atoms with Crippen LogP contribution in [0, 0.1) is 0 Å². The monoisotopic (exact) mass is 444 g/mol. The summed E-state index contributed by atoms with van der Waals surface area (Å²) in [4.78, 5) is 29.2. The first-order chi connectivity index (χ1) is 16.0. The van der Waals surface area contributed by atoms with Crippen molar-refractivity contribution in [2.45, 2.75) is 12.1 Å². The second kappa shape index (κ2) is 7.86. The molecule has 1 saturated heterocycles. The summed E-state index contributed by atoms with van der Waals surface area (Å²) in [5.74, 6) is 1.01. The predicted octanol–water partition coefficient (Wildman–Crippen LogP) is 3.28. The number of imide groups is 1. The van der Waals surface area contributed by atoms with Crippen LogP contribution in [-0.2, 0) is 16.9 Å². The van der Waals surface area contributed by atoms with Gasteiger partial charge in [0.05, 0.1) is 13.7 Å². The fourth-order valence-corrected chi connectivity index (χ4v) is 3.96. The number of fused-ring (bicyclic) bond motifs is 1. The first-order valence-corrected chi connectivity index (χ1v) is 10.2. The Hall–Kier alpha value is -4.53. The smallest absolute Gasteiger partial charge is 0.322 e. The predicted molar refractivity (Wildman–Crippen MR) is 119 cm³/mol. The highest BCUT2D eigenvalue weighted by molar-refractivity contribution is 6.07. The summed E-state index contributed by atoms with van der Waals surface area (Å²) in [6, 6.07) is 16.8. The van der Waals surface area contributed by atoms with E-state index in [0.717, 1.165) is 5.39 Å².